The highest BCUT2D eigenvalue weighted by Gasteiger charge is 2.11. The van der Waals surface area contributed by atoms with Crippen LogP contribution in [-0.4, -0.2) is 18.2 Å². The summed E-state index contributed by atoms with van der Waals surface area (Å²) in [5.41, 5.74) is 0.669. The van der Waals surface area contributed by atoms with E-state index in [-0.39, 0.29) is 10.9 Å². The van der Waals surface area contributed by atoms with E-state index in [2.05, 4.69) is 10.4 Å². The number of rotatable bonds is 5. The van der Waals surface area contributed by atoms with Gasteiger partial charge in [-0.1, -0.05) is 12.1 Å². The third-order valence-electron chi connectivity index (χ3n) is 2.79. The lowest BCUT2D eigenvalue weighted by molar-refractivity contribution is 0.534. The standard InChI is InChI=1S/C13H16FN3O2S/c1-10(2)17-7-6-13(16-17)15-9-11-4-3-5-12(8-11)20(14,18)19/h3-8,10H,9H2,1-2H3,(H,15,16). The Bertz CT molecular complexity index is 695. The molecule has 0 aliphatic carbocycles. The quantitative estimate of drug-likeness (QED) is 0.862. The van der Waals surface area contributed by atoms with Crippen LogP contribution in [0.1, 0.15) is 25.5 Å². The van der Waals surface area contributed by atoms with E-state index in [1.165, 1.54) is 18.2 Å². The molecule has 7 heteroatoms. The molecule has 0 amide bonds. The summed E-state index contributed by atoms with van der Waals surface area (Å²) in [6, 6.07) is 7.87. The average molecular weight is 297 g/mol. The number of anilines is 1. The SMILES string of the molecule is CC(C)n1ccc(NCc2cccc(S(=O)(=O)F)c2)n1. The van der Waals surface area contributed by atoms with Crippen LogP contribution in [0.25, 0.3) is 0 Å². The van der Waals surface area contributed by atoms with Crippen LogP contribution in [0.3, 0.4) is 0 Å². The molecule has 0 bridgehead atoms. The summed E-state index contributed by atoms with van der Waals surface area (Å²) in [6.45, 7) is 4.41. The number of benzene rings is 1. The van der Waals surface area contributed by atoms with Crippen molar-refractivity contribution in [2.75, 3.05) is 5.32 Å². The van der Waals surface area contributed by atoms with Crippen LogP contribution in [0.4, 0.5) is 9.70 Å². The summed E-state index contributed by atoms with van der Waals surface area (Å²) in [4.78, 5) is -0.329. The van der Waals surface area contributed by atoms with Gasteiger partial charge in [-0.2, -0.15) is 13.5 Å². The van der Waals surface area contributed by atoms with Gasteiger partial charge < -0.3 is 5.32 Å². The molecule has 0 radical (unpaired) electrons. The van der Waals surface area contributed by atoms with E-state index in [1.807, 2.05) is 30.8 Å². The third kappa shape index (κ3) is 3.57. The van der Waals surface area contributed by atoms with Crippen molar-refractivity contribution in [2.45, 2.75) is 31.3 Å². The molecule has 0 saturated carbocycles. The number of hydrogen-bond donors (Lipinski definition) is 1. The summed E-state index contributed by atoms with van der Waals surface area (Å²) in [5, 5.41) is 7.37. The van der Waals surface area contributed by atoms with Gasteiger partial charge in [-0.3, -0.25) is 4.68 Å². The van der Waals surface area contributed by atoms with Gasteiger partial charge in [0.2, 0.25) is 0 Å². The van der Waals surface area contributed by atoms with Crippen molar-refractivity contribution < 1.29 is 12.3 Å². The van der Waals surface area contributed by atoms with Crippen LogP contribution < -0.4 is 5.32 Å². The fraction of sp³-hybridized carbons (Fsp3) is 0.308. The molecule has 0 aliphatic rings. The summed E-state index contributed by atoms with van der Waals surface area (Å²) in [7, 11) is -4.66. The van der Waals surface area contributed by atoms with Crippen LogP contribution in [0.15, 0.2) is 41.4 Å². The number of aromatic nitrogens is 2. The van der Waals surface area contributed by atoms with Crippen molar-refractivity contribution in [2.24, 2.45) is 0 Å². The zero-order valence-corrected chi connectivity index (χ0v) is 12.1. The zero-order chi connectivity index (χ0) is 14.8. The number of hydrogen-bond acceptors (Lipinski definition) is 4. The van der Waals surface area contributed by atoms with Gasteiger partial charge in [0.15, 0.2) is 0 Å². The number of nitrogens with zero attached hydrogens (tertiary/aromatic N) is 2. The zero-order valence-electron chi connectivity index (χ0n) is 11.2. The van der Waals surface area contributed by atoms with Crippen LogP contribution in [-0.2, 0) is 16.8 Å². The van der Waals surface area contributed by atoms with E-state index in [1.54, 1.807) is 6.07 Å². The van der Waals surface area contributed by atoms with Crippen LogP contribution >= 0.6 is 0 Å². The monoisotopic (exact) mass is 297 g/mol. The molecule has 0 unspecified atom stereocenters. The lowest BCUT2D eigenvalue weighted by atomic mass is 10.2. The Morgan fingerprint density at radius 1 is 1.35 bits per heavy atom. The molecule has 0 spiro atoms. The lowest BCUT2D eigenvalue weighted by Gasteiger charge is -2.06. The van der Waals surface area contributed by atoms with Gasteiger partial charge in [0.05, 0.1) is 4.90 Å². The molecular weight excluding hydrogens is 281 g/mol. The summed E-state index contributed by atoms with van der Waals surface area (Å²) >= 11 is 0. The third-order valence-corrected chi connectivity index (χ3v) is 3.61. The fourth-order valence-corrected chi connectivity index (χ4v) is 2.25. The first-order chi connectivity index (χ1) is 9.36. The van der Waals surface area contributed by atoms with Crippen molar-refractivity contribution in [3.8, 4) is 0 Å². The van der Waals surface area contributed by atoms with Crippen molar-refractivity contribution >= 4 is 16.0 Å². The Morgan fingerprint density at radius 2 is 2.10 bits per heavy atom. The Morgan fingerprint density at radius 3 is 2.70 bits per heavy atom. The highest BCUT2D eigenvalue weighted by atomic mass is 32.3. The van der Waals surface area contributed by atoms with Crippen molar-refractivity contribution in [3.05, 3.63) is 42.1 Å². The van der Waals surface area contributed by atoms with Gasteiger partial charge in [0.1, 0.15) is 5.82 Å². The molecule has 2 rings (SSSR count). The molecule has 0 saturated heterocycles. The first-order valence-electron chi connectivity index (χ1n) is 6.19. The average Bonchev–Trinajstić information content (AvgIpc) is 2.85. The van der Waals surface area contributed by atoms with Crippen LogP contribution in [0, 0.1) is 0 Å². The molecule has 2 aromatic rings. The van der Waals surface area contributed by atoms with Crippen molar-refractivity contribution in [3.63, 3.8) is 0 Å². The second kappa shape index (κ2) is 5.62. The molecule has 5 nitrogen and oxygen atoms in total. The molecular formula is C13H16FN3O2S. The molecule has 0 aliphatic heterocycles. The van der Waals surface area contributed by atoms with Crippen molar-refractivity contribution in [1.29, 1.82) is 0 Å². The van der Waals surface area contributed by atoms with E-state index in [0.29, 0.717) is 17.9 Å². The Balaban J connectivity index is 2.07. The molecule has 0 fully saturated rings. The fourth-order valence-electron chi connectivity index (χ4n) is 1.72. The molecule has 108 valence electrons. The lowest BCUT2D eigenvalue weighted by Crippen LogP contribution is -2.04. The van der Waals surface area contributed by atoms with Gasteiger partial charge in [0, 0.05) is 24.8 Å². The highest BCUT2D eigenvalue weighted by Crippen LogP contribution is 2.15. The summed E-state index contributed by atoms with van der Waals surface area (Å²) in [5.74, 6) is 0.687. The van der Waals surface area contributed by atoms with E-state index in [9.17, 15) is 12.3 Å². The minimum atomic E-state index is -4.66. The van der Waals surface area contributed by atoms with Crippen LogP contribution in [0.2, 0.25) is 0 Å². The second-order valence-electron chi connectivity index (χ2n) is 4.71. The molecule has 1 aromatic heterocycles. The predicted octanol–water partition coefficient (Wildman–Crippen LogP) is 2.73. The van der Waals surface area contributed by atoms with Gasteiger partial charge in [-0.15, -0.1) is 3.89 Å². The molecule has 0 atom stereocenters. The topological polar surface area (TPSA) is 64.0 Å². The number of nitrogens with one attached hydrogen (secondary N) is 1. The van der Waals surface area contributed by atoms with Gasteiger partial charge in [-0.25, -0.2) is 0 Å². The molecule has 1 N–H and O–H groups in total. The van der Waals surface area contributed by atoms with E-state index in [0.717, 1.165) is 0 Å². The maximum absolute atomic E-state index is 12.9. The van der Waals surface area contributed by atoms with E-state index < -0.39 is 10.2 Å². The molecule has 20 heavy (non-hydrogen) atoms. The normalized spacial score (nSPS) is 11.8. The van der Waals surface area contributed by atoms with E-state index >= 15 is 0 Å². The van der Waals surface area contributed by atoms with E-state index in [4.69, 9.17) is 0 Å². The highest BCUT2D eigenvalue weighted by molar-refractivity contribution is 7.86. The first kappa shape index (κ1) is 14.5. The Kier molecular flexibility index (Phi) is 4.08. The largest absolute Gasteiger partial charge is 0.365 e. The predicted molar refractivity (Wildman–Crippen MR) is 74.7 cm³/mol. The van der Waals surface area contributed by atoms with Crippen LogP contribution in [0.5, 0.6) is 0 Å². The smallest absolute Gasteiger partial charge is 0.332 e. The minimum Gasteiger partial charge on any atom is -0.365 e. The van der Waals surface area contributed by atoms with Crippen molar-refractivity contribution in [1.82, 2.24) is 9.78 Å². The van der Waals surface area contributed by atoms with Gasteiger partial charge in [0.25, 0.3) is 0 Å². The maximum atomic E-state index is 12.9. The molecule has 1 aromatic carbocycles. The Labute approximate surface area is 117 Å². The summed E-state index contributed by atoms with van der Waals surface area (Å²) < 4.78 is 36.4. The van der Waals surface area contributed by atoms with Gasteiger partial charge >= 0.3 is 10.2 Å². The molecule has 1 heterocycles. The van der Waals surface area contributed by atoms with Gasteiger partial charge in [-0.05, 0) is 31.5 Å². The number of halogens is 1. The second-order valence-corrected chi connectivity index (χ2v) is 6.06. The summed E-state index contributed by atoms with van der Waals surface area (Å²) in [6.07, 6.45) is 1.86. The first-order valence-corrected chi connectivity index (χ1v) is 7.57. The maximum Gasteiger partial charge on any atom is 0.332 e. The minimum absolute atomic E-state index is 0.269. The Hall–Kier alpha value is -1.89.